The first-order chi connectivity index (χ1) is 17.0. The molecule has 2 unspecified atom stereocenters. The van der Waals surface area contributed by atoms with E-state index in [9.17, 15) is 9.59 Å². The van der Waals surface area contributed by atoms with Gasteiger partial charge in [-0.05, 0) is 102 Å². The molecule has 36 heavy (non-hydrogen) atoms. The first kappa shape index (κ1) is 26.4. The smallest absolute Gasteiger partial charge is 0.251 e. The number of amides is 2. The van der Waals surface area contributed by atoms with E-state index in [-0.39, 0.29) is 35.0 Å². The monoisotopic (exact) mass is 489 g/mol. The topological polar surface area (TPSA) is 61.4 Å². The normalized spacial score (nSPS) is 24.2. The number of carbonyl (C=O) groups is 2. The van der Waals surface area contributed by atoms with Gasteiger partial charge in [0.2, 0.25) is 0 Å². The van der Waals surface area contributed by atoms with Crippen LogP contribution in [0.3, 0.4) is 0 Å². The summed E-state index contributed by atoms with van der Waals surface area (Å²) in [5.41, 5.74) is 3.48. The second kappa shape index (κ2) is 10.4. The standard InChI is InChI=1S/C31H43N3O2/c1-21-9-7-8-10-27(21)33-29(36)25-17-13-23(14-18-25)22-11-15-24(16-12-22)28(35)32-26-19-30(2,3)34(6)31(4,5)20-26/h11-18,21,26-27H,7-10,19-20H2,1-6H3,(H,32,35)(H,33,36). The fourth-order valence-corrected chi connectivity index (χ4v) is 6.15. The van der Waals surface area contributed by atoms with Crippen LogP contribution in [-0.4, -0.2) is 46.9 Å². The van der Waals surface area contributed by atoms with Crippen molar-refractivity contribution < 1.29 is 9.59 Å². The number of likely N-dealkylation sites (tertiary alicyclic amines) is 1. The van der Waals surface area contributed by atoms with Gasteiger partial charge in [0.15, 0.2) is 0 Å². The molecular weight excluding hydrogens is 446 g/mol. The molecule has 0 aromatic heterocycles. The molecule has 2 fully saturated rings. The van der Waals surface area contributed by atoms with Gasteiger partial charge >= 0.3 is 0 Å². The fourth-order valence-electron chi connectivity index (χ4n) is 6.15. The van der Waals surface area contributed by atoms with Crippen LogP contribution in [0.1, 0.15) is 93.9 Å². The molecule has 5 nitrogen and oxygen atoms in total. The minimum Gasteiger partial charge on any atom is -0.349 e. The molecule has 194 valence electrons. The van der Waals surface area contributed by atoms with Crippen LogP contribution >= 0.6 is 0 Å². The zero-order valence-electron chi connectivity index (χ0n) is 22.9. The molecule has 1 saturated carbocycles. The Balaban J connectivity index is 1.37. The van der Waals surface area contributed by atoms with Crippen LogP contribution in [-0.2, 0) is 0 Å². The van der Waals surface area contributed by atoms with Crippen molar-refractivity contribution in [3.63, 3.8) is 0 Å². The average molecular weight is 490 g/mol. The summed E-state index contributed by atoms with van der Waals surface area (Å²) in [6, 6.07) is 15.9. The summed E-state index contributed by atoms with van der Waals surface area (Å²) in [5.74, 6) is 0.523. The van der Waals surface area contributed by atoms with Crippen LogP contribution in [0.15, 0.2) is 48.5 Å². The third kappa shape index (κ3) is 5.83. The molecule has 1 aliphatic heterocycles. The molecule has 2 aliphatic rings. The Hall–Kier alpha value is -2.66. The van der Waals surface area contributed by atoms with Crippen molar-refractivity contribution in [2.24, 2.45) is 5.92 Å². The molecular formula is C31H43N3O2. The van der Waals surface area contributed by atoms with Crippen molar-refractivity contribution in [1.82, 2.24) is 15.5 Å². The highest BCUT2D eigenvalue weighted by atomic mass is 16.2. The first-order valence-electron chi connectivity index (χ1n) is 13.5. The van der Waals surface area contributed by atoms with Crippen LogP contribution in [0, 0.1) is 5.92 Å². The van der Waals surface area contributed by atoms with E-state index in [4.69, 9.17) is 0 Å². The third-order valence-electron chi connectivity index (χ3n) is 8.70. The highest BCUT2D eigenvalue weighted by Gasteiger charge is 2.43. The van der Waals surface area contributed by atoms with Gasteiger partial charge in [-0.15, -0.1) is 0 Å². The van der Waals surface area contributed by atoms with Gasteiger partial charge in [0, 0.05) is 34.3 Å². The quantitative estimate of drug-likeness (QED) is 0.538. The lowest BCUT2D eigenvalue weighted by Gasteiger charge is -2.53. The highest BCUT2D eigenvalue weighted by Crippen LogP contribution is 2.37. The molecule has 2 aromatic rings. The van der Waals surface area contributed by atoms with E-state index in [1.165, 1.54) is 19.3 Å². The van der Waals surface area contributed by atoms with Crippen LogP contribution in [0.25, 0.3) is 11.1 Å². The van der Waals surface area contributed by atoms with Crippen LogP contribution < -0.4 is 10.6 Å². The molecule has 1 aliphatic carbocycles. The fraction of sp³-hybridized carbons (Fsp3) is 0.548. The Morgan fingerprint density at radius 3 is 1.67 bits per heavy atom. The van der Waals surface area contributed by atoms with Gasteiger partial charge < -0.3 is 10.6 Å². The predicted molar refractivity (Wildman–Crippen MR) is 147 cm³/mol. The number of benzene rings is 2. The van der Waals surface area contributed by atoms with E-state index < -0.39 is 0 Å². The lowest BCUT2D eigenvalue weighted by atomic mass is 9.77. The number of hydrogen-bond acceptors (Lipinski definition) is 3. The Kier molecular flexibility index (Phi) is 7.61. The van der Waals surface area contributed by atoms with Crippen LogP contribution in [0.2, 0.25) is 0 Å². The molecule has 2 atom stereocenters. The molecule has 2 amide bonds. The molecule has 0 radical (unpaired) electrons. The Labute approximate surface area is 217 Å². The summed E-state index contributed by atoms with van der Waals surface area (Å²) in [5, 5.41) is 6.50. The molecule has 5 heteroatoms. The Bertz CT molecular complexity index is 1050. The number of nitrogens with one attached hydrogen (secondary N) is 2. The van der Waals surface area contributed by atoms with E-state index >= 15 is 0 Å². The molecule has 0 bridgehead atoms. The van der Waals surface area contributed by atoms with Crippen molar-refractivity contribution in [3.05, 3.63) is 59.7 Å². The minimum absolute atomic E-state index is 0.00702. The van der Waals surface area contributed by atoms with Crippen molar-refractivity contribution in [2.75, 3.05) is 7.05 Å². The molecule has 1 saturated heterocycles. The summed E-state index contributed by atoms with van der Waals surface area (Å²) in [4.78, 5) is 28.2. The zero-order chi connectivity index (χ0) is 26.1. The SMILES string of the molecule is CC1CCCCC1NC(=O)c1ccc(-c2ccc(C(=O)NC3CC(C)(C)N(C)C(C)(C)C3)cc2)cc1. The maximum absolute atomic E-state index is 13.0. The summed E-state index contributed by atoms with van der Waals surface area (Å²) in [6.45, 7) is 11.2. The van der Waals surface area contributed by atoms with Gasteiger partial charge in [0.05, 0.1) is 0 Å². The molecule has 4 rings (SSSR count). The van der Waals surface area contributed by atoms with Crippen molar-refractivity contribution in [1.29, 1.82) is 0 Å². The van der Waals surface area contributed by atoms with Crippen molar-refractivity contribution in [2.45, 2.75) is 96.3 Å². The van der Waals surface area contributed by atoms with Crippen LogP contribution in [0.4, 0.5) is 0 Å². The zero-order valence-corrected chi connectivity index (χ0v) is 22.9. The lowest BCUT2D eigenvalue weighted by molar-refractivity contribution is -0.0169. The molecule has 2 aromatic carbocycles. The second-order valence-corrected chi connectivity index (χ2v) is 12.3. The molecule has 1 heterocycles. The van der Waals surface area contributed by atoms with E-state index in [0.29, 0.717) is 17.0 Å². The second-order valence-electron chi connectivity index (χ2n) is 12.3. The third-order valence-corrected chi connectivity index (χ3v) is 8.70. The highest BCUT2D eigenvalue weighted by molar-refractivity contribution is 5.96. The Morgan fingerprint density at radius 1 is 0.750 bits per heavy atom. The number of piperidine rings is 1. The van der Waals surface area contributed by atoms with Gasteiger partial charge in [-0.3, -0.25) is 14.5 Å². The van der Waals surface area contributed by atoms with Gasteiger partial charge in [0.25, 0.3) is 11.8 Å². The average Bonchev–Trinajstić information content (AvgIpc) is 2.84. The Morgan fingerprint density at radius 2 is 1.19 bits per heavy atom. The van der Waals surface area contributed by atoms with Crippen molar-refractivity contribution in [3.8, 4) is 11.1 Å². The van der Waals surface area contributed by atoms with E-state index in [1.807, 2.05) is 48.5 Å². The number of hydrogen-bond donors (Lipinski definition) is 2. The minimum atomic E-state index is -0.0216. The van der Waals surface area contributed by atoms with Crippen LogP contribution in [0.5, 0.6) is 0 Å². The van der Waals surface area contributed by atoms with E-state index in [0.717, 1.165) is 30.4 Å². The number of rotatable bonds is 5. The summed E-state index contributed by atoms with van der Waals surface area (Å²) >= 11 is 0. The first-order valence-corrected chi connectivity index (χ1v) is 13.5. The van der Waals surface area contributed by atoms with Gasteiger partial charge in [-0.1, -0.05) is 44.0 Å². The number of carbonyl (C=O) groups excluding carboxylic acids is 2. The van der Waals surface area contributed by atoms with Gasteiger partial charge in [0.1, 0.15) is 0 Å². The maximum Gasteiger partial charge on any atom is 0.251 e. The van der Waals surface area contributed by atoms with Crippen molar-refractivity contribution >= 4 is 11.8 Å². The number of nitrogens with zero attached hydrogens (tertiary/aromatic N) is 1. The summed E-state index contributed by atoms with van der Waals surface area (Å²) in [7, 11) is 2.17. The van der Waals surface area contributed by atoms with Gasteiger partial charge in [-0.2, -0.15) is 0 Å². The summed E-state index contributed by atoms with van der Waals surface area (Å²) < 4.78 is 0. The predicted octanol–water partition coefficient (Wildman–Crippen LogP) is 6.04. The molecule has 0 spiro atoms. The van der Waals surface area contributed by atoms with Gasteiger partial charge in [-0.25, -0.2) is 0 Å². The summed E-state index contributed by atoms with van der Waals surface area (Å²) in [6.07, 6.45) is 6.56. The van der Waals surface area contributed by atoms with E-state index in [1.54, 1.807) is 0 Å². The largest absolute Gasteiger partial charge is 0.349 e. The van der Waals surface area contributed by atoms with E-state index in [2.05, 4.69) is 57.2 Å². The lowest BCUT2D eigenvalue weighted by Crippen LogP contribution is -2.62. The maximum atomic E-state index is 13.0. The molecule has 2 N–H and O–H groups in total.